The lowest BCUT2D eigenvalue weighted by molar-refractivity contribution is 0.392. The van der Waals surface area contributed by atoms with Crippen molar-refractivity contribution >= 4 is 11.3 Å². The molecule has 0 atom stereocenters. The Morgan fingerprint density at radius 3 is 2.00 bits per heavy atom. The lowest BCUT2D eigenvalue weighted by Gasteiger charge is -2.14. The average Bonchev–Trinajstić information content (AvgIpc) is 2.55. The molecule has 0 saturated carbocycles. The van der Waals surface area contributed by atoms with Crippen LogP contribution in [0.3, 0.4) is 0 Å². The van der Waals surface area contributed by atoms with Crippen LogP contribution in [0.1, 0.15) is 11.1 Å². The summed E-state index contributed by atoms with van der Waals surface area (Å²) in [6, 6.07) is 16.8. The van der Waals surface area contributed by atoms with Gasteiger partial charge < -0.3 is 15.2 Å². The molecule has 2 rings (SSSR count). The Kier molecular flexibility index (Phi) is 4.47. The molecule has 0 saturated heterocycles. The molecular formula is C17H16N2O2. The van der Waals surface area contributed by atoms with Crippen LogP contribution in [0.5, 0.6) is 11.5 Å². The Morgan fingerprint density at radius 1 is 0.952 bits per heavy atom. The van der Waals surface area contributed by atoms with Gasteiger partial charge in [0.15, 0.2) is 0 Å². The second kappa shape index (κ2) is 6.49. The van der Waals surface area contributed by atoms with Gasteiger partial charge in [-0.3, -0.25) is 0 Å². The monoisotopic (exact) mass is 280 g/mol. The van der Waals surface area contributed by atoms with Gasteiger partial charge in [0.2, 0.25) is 0 Å². The molecule has 4 heteroatoms. The summed E-state index contributed by atoms with van der Waals surface area (Å²) >= 11 is 0. The topological polar surface area (TPSA) is 68.3 Å². The molecule has 0 bridgehead atoms. The number of nitrogens with zero attached hydrogens (tertiary/aromatic N) is 1. The molecule has 0 aromatic heterocycles. The minimum Gasteiger partial charge on any atom is -0.496 e. The standard InChI is InChI=1S/C17H16N2O2/c1-20-14-9-6-10-15(21-2)16(14)17(19)13(11-18)12-7-4-3-5-8-12/h3-10H,19H2,1-2H3/b17-13+. The zero-order chi connectivity index (χ0) is 15.2. The third kappa shape index (κ3) is 2.82. The second-order valence-electron chi connectivity index (χ2n) is 4.30. The van der Waals surface area contributed by atoms with Crippen molar-refractivity contribution in [1.82, 2.24) is 0 Å². The Hall–Kier alpha value is -2.93. The van der Waals surface area contributed by atoms with E-state index >= 15 is 0 Å². The third-order valence-corrected chi connectivity index (χ3v) is 3.14. The maximum atomic E-state index is 9.47. The third-order valence-electron chi connectivity index (χ3n) is 3.14. The molecule has 0 aliphatic rings. The van der Waals surface area contributed by atoms with Crippen molar-refractivity contribution in [3.63, 3.8) is 0 Å². The summed E-state index contributed by atoms with van der Waals surface area (Å²) in [7, 11) is 3.11. The van der Waals surface area contributed by atoms with Gasteiger partial charge in [0.05, 0.1) is 31.1 Å². The van der Waals surface area contributed by atoms with Crippen molar-refractivity contribution < 1.29 is 9.47 Å². The van der Waals surface area contributed by atoms with Crippen LogP contribution in [0.4, 0.5) is 0 Å². The van der Waals surface area contributed by atoms with Crippen molar-refractivity contribution in [3.8, 4) is 17.6 Å². The zero-order valence-electron chi connectivity index (χ0n) is 12.0. The van der Waals surface area contributed by atoms with E-state index in [2.05, 4.69) is 6.07 Å². The molecule has 4 nitrogen and oxygen atoms in total. The number of benzene rings is 2. The molecule has 0 aliphatic heterocycles. The van der Waals surface area contributed by atoms with Gasteiger partial charge in [-0.25, -0.2) is 0 Å². The summed E-state index contributed by atoms with van der Waals surface area (Å²) < 4.78 is 10.7. The van der Waals surface area contributed by atoms with E-state index in [4.69, 9.17) is 15.2 Å². The number of allylic oxidation sites excluding steroid dienone is 1. The van der Waals surface area contributed by atoms with Crippen LogP contribution in [-0.2, 0) is 0 Å². The molecule has 2 aromatic carbocycles. The van der Waals surface area contributed by atoms with Gasteiger partial charge in [-0.15, -0.1) is 0 Å². The minimum absolute atomic E-state index is 0.331. The number of rotatable bonds is 4. The van der Waals surface area contributed by atoms with Gasteiger partial charge >= 0.3 is 0 Å². The van der Waals surface area contributed by atoms with Crippen LogP contribution in [0.15, 0.2) is 48.5 Å². The average molecular weight is 280 g/mol. The maximum absolute atomic E-state index is 9.47. The quantitative estimate of drug-likeness (QED) is 0.690. The highest BCUT2D eigenvalue weighted by molar-refractivity contribution is 5.98. The fraction of sp³-hybridized carbons (Fsp3) is 0.118. The molecule has 0 radical (unpaired) electrons. The highest BCUT2D eigenvalue weighted by Gasteiger charge is 2.17. The van der Waals surface area contributed by atoms with Crippen molar-refractivity contribution in [2.45, 2.75) is 0 Å². The summed E-state index contributed by atoms with van der Waals surface area (Å²) in [5.41, 5.74) is 8.29. The Labute approximate surface area is 124 Å². The van der Waals surface area contributed by atoms with E-state index in [1.54, 1.807) is 26.4 Å². The number of ether oxygens (including phenoxy) is 2. The molecule has 0 amide bonds. The molecular weight excluding hydrogens is 264 g/mol. The normalized spacial score (nSPS) is 11.3. The molecule has 0 unspecified atom stereocenters. The van der Waals surface area contributed by atoms with E-state index in [-0.39, 0.29) is 0 Å². The summed E-state index contributed by atoms with van der Waals surface area (Å²) in [6.45, 7) is 0. The highest BCUT2D eigenvalue weighted by Crippen LogP contribution is 2.35. The van der Waals surface area contributed by atoms with Crippen LogP contribution in [-0.4, -0.2) is 14.2 Å². The largest absolute Gasteiger partial charge is 0.496 e. The van der Waals surface area contributed by atoms with Gasteiger partial charge in [-0.05, 0) is 17.7 Å². The summed E-state index contributed by atoms with van der Waals surface area (Å²) in [5.74, 6) is 1.13. The van der Waals surface area contributed by atoms with Gasteiger partial charge in [-0.2, -0.15) is 5.26 Å². The fourth-order valence-electron chi connectivity index (χ4n) is 2.13. The minimum atomic E-state index is 0.331. The first-order valence-electron chi connectivity index (χ1n) is 6.39. The number of methoxy groups -OCH3 is 2. The first-order valence-corrected chi connectivity index (χ1v) is 6.39. The fourth-order valence-corrected chi connectivity index (χ4v) is 2.13. The van der Waals surface area contributed by atoms with E-state index in [0.29, 0.717) is 28.3 Å². The molecule has 21 heavy (non-hydrogen) atoms. The molecule has 0 heterocycles. The Balaban J connectivity index is 2.70. The molecule has 106 valence electrons. The highest BCUT2D eigenvalue weighted by atomic mass is 16.5. The van der Waals surface area contributed by atoms with Gasteiger partial charge in [0.25, 0.3) is 0 Å². The summed E-state index contributed by atoms with van der Waals surface area (Å²) in [5, 5.41) is 9.47. The molecule has 0 aliphatic carbocycles. The molecule has 0 fully saturated rings. The second-order valence-corrected chi connectivity index (χ2v) is 4.30. The smallest absolute Gasteiger partial charge is 0.131 e. The predicted octanol–water partition coefficient (Wildman–Crippen LogP) is 3.05. The number of nitriles is 1. The first-order chi connectivity index (χ1) is 10.2. The van der Waals surface area contributed by atoms with Gasteiger partial charge in [0.1, 0.15) is 17.6 Å². The van der Waals surface area contributed by atoms with Crippen molar-refractivity contribution in [2.75, 3.05) is 14.2 Å². The van der Waals surface area contributed by atoms with Gasteiger partial charge in [-0.1, -0.05) is 36.4 Å². The van der Waals surface area contributed by atoms with E-state index in [0.717, 1.165) is 5.56 Å². The van der Waals surface area contributed by atoms with Crippen molar-refractivity contribution in [3.05, 3.63) is 59.7 Å². The lowest BCUT2D eigenvalue weighted by atomic mass is 9.99. The number of nitrogens with two attached hydrogens (primary N) is 1. The van der Waals surface area contributed by atoms with Crippen LogP contribution < -0.4 is 15.2 Å². The van der Waals surface area contributed by atoms with Crippen molar-refractivity contribution in [1.29, 1.82) is 5.26 Å². The van der Waals surface area contributed by atoms with E-state index < -0.39 is 0 Å². The Bertz CT molecular complexity index is 678. The zero-order valence-corrected chi connectivity index (χ0v) is 12.0. The maximum Gasteiger partial charge on any atom is 0.131 e. The van der Waals surface area contributed by atoms with Gasteiger partial charge in [0, 0.05) is 0 Å². The van der Waals surface area contributed by atoms with Crippen LogP contribution in [0.25, 0.3) is 11.3 Å². The SMILES string of the molecule is COc1cccc(OC)c1/C(N)=C(/C#N)c1ccccc1. The van der Waals surface area contributed by atoms with Crippen LogP contribution in [0, 0.1) is 11.3 Å². The number of hydrogen-bond donors (Lipinski definition) is 1. The number of hydrogen-bond acceptors (Lipinski definition) is 4. The lowest BCUT2D eigenvalue weighted by Crippen LogP contribution is -2.05. The Morgan fingerprint density at radius 2 is 1.52 bits per heavy atom. The predicted molar refractivity (Wildman–Crippen MR) is 82.6 cm³/mol. The summed E-state index contributed by atoms with van der Waals surface area (Å²) in [6.07, 6.45) is 0. The van der Waals surface area contributed by atoms with E-state index in [1.807, 2.05) is 36.4 Å². The summed E-state index contributed by atoms with van der Waals surface area (Å²) in [4.78, 5) is 0. The van der Waals surface area contributed by atoms with E-state index in [1.165, 1.54) is 0 Å². The molecule has 2 aromatic rings. The van der Waals surface area contributed by atoms with Crippen molar-refractivity contribution in [2.24, 2.45) is 5.73 Å². The van der Waals surface area contributed by atoms with E-state index in [9.17, 15) is 5.26 Å². The molecule has 0 spiro atoms. The first kappa shape index (κ1) is 14.5. The van der Waals surface area contributed by atoms with Crippen LogP contribution >= 0.6 is 0 Å². The van der Waals surface area contributed by atoms with Crippen LogP contribution in [0.2, 0.25) is 0 Å². The molecule has 2 N–H and O–H groups in total.